The molecule has 0 saturated carbocycles. The zero-order valence-corrected chi connectivity index (χ0v) is 12.9. The summed E-state index contributed by atoms with van der Waals surface area (Å²) in [4.78, 5) is 11.4. The molecule has 0 bridgehead atoms. The van der Waals surface area contributed by atoms with Gasteiger partial charge in [-0.3, -0.25) is 4.79 Å². The van der Waals surface area contributed by atoms with Crippen molar-refractivity contribution in [2.45, 2.75) is 25.7 Å². The maximum Gasteiger partial charge on any atom is 0.254 e. The van der Waals surface area contributed by atoms with Crippen LogP contribution in [0.4, 0.5) is 4.39 Å². The van der Waals surface area contributed by atoms with Crippen molar-refractivity contribution in [1.82, 2.24) is 5.32 Å². The van der Waals surface area contributed by atoms with E-state index < -0.39 is 32.2 Å². The van der Waals surface area contributed by atoms with Crippen molar-refractivity contribution in [2.24, 2.45) is 10.6 Å². The van der Waals surface area contributed by atoms with Crippen LogP contribution in [-0.4, -0.2) is 20.9 Å². The van der Waals surface area contributed by atoms with Gasteiger partial charge in [-0.1, -0.05) is 32.4 Å². The van der Waals surface area contributed by atoms with E-state index in [1.807, 2.05) is 20.8 Å². The first kappa shape index (κ1) is 16.9. The highest BCUT2D eigenvalue weighted by Crippen LogP contribution is 2.24. The van der Waals surface area contributed by atoms with E-state index in [-0.39, 0.29) is 10.4 Å². The molecule has 0 atom stereocenters. The molecule has 112 valence electrons. The molecule has 0 fully saturated rings. The summed E-state index contributed by atoms with van der Waals surface area (Å²) < 4.78 is 36.3. The SMILES string of the molecule is CC(C)(C)CNC(=O)c1cc(S(N)(=O)=O)c(Cl)cc1F. The Balaban J connectivity index is 3.16. The molecule has 0 aliphatic carbocycles. The predicted octanol–water partition coefficient (Wildman–Crippen LogP) is 1.90. The summed E-state index contributed by atoms with van der Waals surface area (Å²) in [6, 6.07) is 1.60. The minimum atomic E-state index is -4.13. The normalized spacial score (nSPS) is 12.3. The quantitative estimate of drug-likeness (QED) is 0.890. The summed E-state index contributed by atoms with van der Waals surface area (Å²) >= 11 is 5.61. The Morgan fingerprint density at radius 3 is 2.40 bits per heavy atom. The van der Waals surface area contributed by atoms with Crippen molar-refractivity contribution in [3.8, 4) is 0 Å². The average Bonchev–Trinajstić information content (AvgIpc) is 2.23. The molecule has 0 aromatic heterocycles. The third-order valence-electron chi connectivity index (χ3n) is 2.35. The predicted molar refractivity (Wildman–Crippen MR) is 74.6 cm³/mol. The third-order valence-corrected chi connectivity index (χ3v) is 3.73. The Hall–Kier alpha value is -1.18. The summed E-state index contributed by atoms with van der Waals surface area (Å²) in [7, 11) is -4.13. The van der Waals surface area contributed by atoms with E-state index in [0.717, 1.165) is 12.1 Å². The van der Waals surface area contributed by atoms with Crippen molar-refractivity contribution < 1.29 is 17.6 Å². The van der Waals surface area contributed by atoms with Gasteiger partial charge in [-0.25, -0.2) is 17.9 Å². The molecule has 0 aliphatic rings. The van der Waals surface area contributed by atoms with Gasteiger partial charge in [0.2, 0.25) is 10.0 Å². The van der Waals surface area contributed by atoms with Gasteiger partial charge in [-0.2, -0.15) is 0 Å². The molecule has 8 heteroatoms. The van der Waals surface area contributed by atoms with Crippen LogP contribution in [-0.2, 0) is 10.0 Å². The summed E-state index contributed by atoms with van der Waals surface area (Å²) in [5.41, 5.74) is -0.607. The smallest absolute Gasteiger partial charge is 0.254 e. The molecule has 0 radical (unpaired) electrons. The number of primary sulfonamides is 1. The van der Waals surface area contributed by atoms with Gasteiger partial charge >= 0.3 is 0 Å². The van der Waals surface area contributed by atoms with Crippen LogP contribution >= 0.6 is 11.6 Å². The highest BCUT2D eigenvalue weighted by atomic mass is 35.5. The van der Waals surface area contributed by atoms with Crippen molar-refractivity contribution in [3.05, 3.63) is 28.5 Å². The highest BCUT2D eigenvalue weighted by Gasteiger charge is 2.21. The number of amides is 1. The zero-order valence-electron chi connectivity index (χ0n) is 11.3. The summed E-state index contributed by atoms with van der Waals surface area (Å²) in [6.07, 6.45) is 0. The van der Waals surface area contributed by atoms with E-state index in [2.05, 4.69) is 5.32 Å². The molecule has 1 aromatic carbocycles. The fourth-order valence-electron chi connectivity index (χ4n) is 1.36. The summed E-state index contributed by atoms with van der Waals surface area (Å²) in [5, 5.41) is 7.11. The number of carbonyl (C=O) groups excluding carboxylic acids is 1. The van der Waals surface area contributed by atoms with Gasteiger partial charge in [0.05, 0.1) is 10.6 Å². The number of sulfonamides is 1. The number of nitrogens with two attached hydrogens (primary N) is 1. The Morgan fingerprint density at radius 1 is 1.40 bits per heavy atom. The Kier molecular flexibility index (Phi) is 4.78. The Morgan fingerprint density at radius 2 is 1.95 bits per heavy atom. The van der Waals surface area contributed by atoms with Crippen LogP contribution in [0.3, 0.4) is 0 Å². The largest absolute Gasteiger partial charge is 0.351 e. The van der Waals surface area contributed by atoms with Gasteiger partial charge in [0.15, 0.2) is 0 Å². The molecule has 0 heterocycles. The van der Waals surface area contributed by atoms with Gasteiger partial charge in [-0.15, -0.1) is 0 Å². The van der Waals surface area contributed by atoms with Crippen LogP contribution < -0.4 is 10.5 Å². The zero-order chi connectivity index (χ0) is 15.7. The Labute approximate surface area is 122 Å². The minimum absolute atomic E-state index is 0.193. The van der Waals surface area contributed by atoms with Crippen LogP contribution in [0, 0.1) is 11.2 Å². The number of rotatable bonds is 3. The second-order valence-corrected chi connectivity index (χ2v) is 7.49. The maximum atomic E-state index is 13.7. The number of hydrogen-bond acceptors (Lipinski definition) is 3. The van der Waals surface area contributed by atoms with Crippen LogP contribution in [0.15, 0.2) is 17.0 Å². The second-order valence-electron chi connectivity index (χ2n) is 5.55. The molecule has 1 aromatic rings. The van der Waals surface area contributed by atoms with Gasteiger partial charge in [0.1, 0.15) is 10.7 Å². The van der Waals surface area contributed by atoms with E-state index in [0.29, 0.717) is 6.54 Å². The second kappa shape index (κ2) is 5.67. The monoisotopic (exact) mass is 322 g/mol. The molecule has 1 rings (SSSR count). The standard InChI is InChI=1S/C12H16ClFN2O3S/c1-12(2,3)6-16-11(17)7-4-10(20(15,18)19)8(13)5-9(7)14/h4-5H,6H2,1-3H3,(H,16,17)(H2,15,18,19). The van der Waals surface area contributed by atoms with Crippen LogP contribution in [0.5, 0.6) is 0 Å². The van der Waals surface area contributed by atoms with Gasteiger partial charge < -0.3 is 5.32 Å². The average molecular weight is 323 g/mol. The molecule has 20 heavy (non-hydrogen) atoms. The van der Waals surface area contributed by atoms with Gasteiger partial charge in [0, 0.05) is 6.54 Å². The number of halogens is 2. The van der Waals surface area contributed by atoms with Crippen molar-refractivity contribution >= 4 is 27.5 Å². The molecule has 3 N–H and O–H groups in total. The molecule has 0 aliphatic heterocycles. The van der Waals surface area contributed by atoms with E-state index in [4.69, 9.17) is 16.7 Å². The molecule has 0 saturated heterocycles. The molecular weight excluding hydrogens is 307 g/mol. The Bertz CT molecular complexity index is 639. The van der Waals surface area contributed by atoms with E-state index in [9.17, 15) is 17.6 Å². The number of nitrogens with one attached hydrogen (secondary N) is 1. The summed E-state index contributed by atoms with van der Waals surface area (Å²) in [6.45, 7) is 5.97. The van der Waals surface area contributed by atoms with Crippen LogP contribution in [0.25, 0.3) is 0 Å². The first-order chi connectivity index (χ1) is 8.92. The number of hydrogen-bond donors (Lipinski definition) is 2. The van der Waals surface area contributed by atoms with E-state index in [1.54, 1.807) is 0 Å². The fourth-order valence-corrected chi connectivity index (χ4v) is 2.45. The topological polar surface area (TPSA) is 89.3 Å². The van der Waals surface area contributed by atoms with Crippen molar-refractivity contribution in [3.63, 3.8) is 0 Å². The lowest BCUT2D eigenvalue weighted by Crippen LogP contribution is -2.33. The fraction of sp³-hybridized carbons (Fsp3) is 0.417. The lowest BCUT2D eigenvalue weighted by molar-refractivity contribution is 0.0935. The molecular formula is C12H16ClFN2O3S. The minimum Gasteiger partial charge on any atom is -0.351 e. The van der Waals surface area contributed by atoms with Crippen molar-refractivity contribution in [2.75, 3.05) is 6.54 Å². The van der Waals surface area contributed by atoms with Gasteiger partial charge in [-0.05, 0) is 17.5 Å². The molecule has 0 spiro atoms. The van der Waals surface area contributed by atoms with Gasteiger partial charge in [0.25, 0.3) is 5.91 Å². The van der Waals surface area contributed by atoms with Crippen molar-refractivity contribution in [1.29, 1.82) is 0 Å². The molecule has 5 nitrogen and oxygen atoms in total. The lowest BCUT2D eigenvalue weighted by atomic mass is 9.97. The molecule has 0 unspecified atom stereocenters. The number of carbonyl (C=O) groups is 1. The number of benzene rings is 1. The molecule has 1 amide bonds. The first-order valence-electron chi connectivity index (χ1n) is 5.72. The first-order valence-corrected chi connectivity index (χ1v) is 7.64. The van der Waals surface area contributed by atoms with Crippen LogP contribution in [0.2, 0.25) is 5.02 Å². The summed E-state index contributed by atoms with van der Waals surface area (Å²) in [5.74, 6) is -1.63. The third kappa shape index (κ3) is 4.43. The van der Waals surface area contributed by atoms with E-state index >= 15 is 0 Å². The maximum absolute atomic E-state index is 13.7. The van der Waals surface area contributed by atoms with E-state index in [1.165, 1.54) is 0 Å². The van der Waals surface area contributed by atoms with Crippen LogP contribution in [0.1, 0.15) is 31.1 Å². The lowest BCUT2D eigenvalue weighted by Gasteiger charge is -2.19. The highest BCUT2D eigenvalue weighted by molar-refractivity contribution is 7.89.